The highest BCUT2D eigenvalue weighted by Gasteiger charge is 2.41. The fraction of sp³-hybridized carbons (Fsp3) is 0.391. The summed E-state index contributed by atoms with van der Waals surface area (Å²) < 4.78 is 86.6. The molecular formula is C23H19F6N2O+. The van der Waals surface area contributed by atoms with Gasteiger partial charge >= 0.3 is 12.4 Å². The molecule has 0 amide bonds. The molecule has 5 rings (SSSR count). The SMILES string of the molecule is FC(F)(F)c1cc([N+]2=CC3CCC4c5ccccc5CC4OCC3=N2)cc(C(F)(F)F)c1. The van der Waals surface area contributed by atoms with Crippen LogP contribution in [0.5, 0.6) is 0 Å². The number of ether oxygens (including phenoxy) is 1. The second-order valence-corrected chi connectivity index (χ2v) is 8.39. The maximum atomic E-state index is 13.2. The van der Waals surface area contributed by atoms with Gasteiger partial charge in [0.05, 0.1) is 29.8 Å². The summed E-state index contributed by atoms with van der Waals surface area (Å²) >= 11 is 0. The van der Waals surface area contributed by atoms with Crippen molar-refractivity contribution < 1.29 is 35.8 Å². The van der Waals surface area contributed by atoms with Crippen molar-refractivity contribution in [2.24, 2.45) is 11.0 Å². The van der Waals surface area contributed by atoms with E-state index in [1.54, 1.807) is 6.21 Å². The quantitative estimate of drug-likeness (QED) is 0.387. The molecule has 0 N–H and O–H groups in total. The summed E-state index contributed by atoms with van der Waals surface area (Å²) in [6.07, 6.45) is -5.94. The summed E-state index contributed by atoms with van der Waals surface area (Å²) in [5.74, 6) is 0.0215. The van der Waals surface area contributed by atoms with Crippen LogP contribution in [0.15, 0.2) is 47.6 Å². The summed E-state index contributed by atoms with van der Waals surface area (Å²) in [5, 5.41) is 4.33. The van der Waals surface area contributed by atoms with Crippen molar-refractivity contribution >= 4 is 17.6 Å². The van der Waals surface area contributed by atoms with E-state index < -0.39 is 23.5 Å². The number of benzene rings is 2. The van der Waals surface area contributed by atoms with Crippen LogP contribution in [-0.4, -0.2) is 29.3 Å². The molecular weight excluding hydrogens is 434 g/mol. The van der Waals surface area contributed by atoms with E-state index >= 15 is 0 Å². The number of nitrogens with zero attached hydrogens (tertiary/aromatic N) is 2. The van der Waals surface area contributed by atoms with Crippen LogP contribution in [0, 0.1) is 5.92 Å². The number of hydrogen-bond acceptors (Lipinski definition) is 2. The first-order valence-corrected chi connectivity index (χ1v) is 10.3. The first-order valence-electron chi connectivity index (χ1n) is 10.3. The predicted molar refractivity (Wildman–Crippen MR) is 105 cm³/mol. The van der Waals surface area contributed by atoms with Crippen LogP contribution in [0.3, 0.4) is 0 Å². The molecule has 3 atom stereocenters. The van der Waals surface area contributed by atoms with Gasteiger partial charge in [0, 0.05) is 18.1 Å². The number of fused-ring (bicyclic) bond motifs is 4. The first kappa shape index (κ1) is 21.2. The molecule has 2 aromatic carbocycles. The molecule has 0 radical (unpaired) electrons. The molecule has 2 aromatic rings. The van der Waals surface area contributed by atoms with Crippen LogP contribution in [0.2, 0.25) is 0 Å². The second kappa shape index (κ2) is 7.43. The Morgan fingerprint density at radius 1 is 0.906 bits per heavy atom. The predicted octanol–water partition coefficient (Wildman–Crippen LogP) is 5.94. The molecule has 3 unspecified atom stereocenters. The van der Waals surface area contributed by atoms with Crippen LogP contribution in [-0.2, 0) is 23.5 Å². The lowest BCUT2D eigenvalue weighted by Crippen LogP contribution is -2.29. The minimum Gasteiger partial charge on any atom is -0.371 e. The van der Waals surface area contributed by atoms with E-state index in [0.717, 1.165) is 17.5 Å². The minimum absolute atomic E-state index is 0.00418. The van der Waals surface area contributed by atoms with Gasteiger partial charge in [-0.2, -0.15) is 26.3 Å². The van der Waals surface area contributed by atoms with Crippen molar-refractivity contribution in [1.29, 1.82) is 0 Å². The van der Waals surface area contributed by atoms with E-state index in [2.05, 4.69) is 17.2 Å². The van der Waals surface area contributed by atoms with Crippen molar-refractivity contribution in [2.45, 2.75) is 43.6 Å². The van der Waals surface area contributed by atoms with Gasteiger partial charge in [-0.1, -0.05) is 28.9 Å². The van der Waals surface area contributed by atoms with Crippen molar-refractivity contribution in [2.75, 3.05) is 6.61 Å². The van der Waals surface area contributed by atoms with Gasteiger partial charge in [-0.05, 0) is 41.6 Å². The average Bonchev–Trinajstić information content (AvgIpc) is 3.27. The van der Waals surface area contributed by atoms with Crippen LogP contribution in [0.1, 0.15) is 41.0 Å². The molecule has 168 valence electrons. The monoisotopic (exact) mass is 453 g/mol. The number of rotatable bonds is 1. The third-order valence-electron chi connectivity index (χ3n) is 6.38. The Bertz CT molecular complexity index is 1090. The highest BCUT2D eigenvalue weighted by molar-refractivity contribution is 6.00. The third kappa shape index (κ3) is 3.83. The van der Waals surface area contributed by atoms with Gasteiger partial charge in [-0.15, -0.1) is 0 Å². The van der Waals surface area contributed by atoms with Crippen LogP contribution >= 0.6 is 0 Å². The Kier molecular flexibility index (Phi) is 4.92. The Morgan fingerprint density at radius 3 is 2.28 bits per heavy atom. The van der Waals surface area contributed by atoms with Gasteiger partial charge < -0.3 is 4.74 Å². The summed E-state index contributed by atoms with van der Waals surface area (Å²) in [4.78, 5) is 0. The number of hydrazone groups is 1. The Hall–Kier alpha value is -2.68. The highest BCUT2D eigenvalue weighted by Crippen LogP contribution is 2.42. The third-order valence-corrected chi connectivity index (χ3v) is 6.38. The summed E-state index contributed by atoms with van der Waals surface area (Å²) in [6, 6.07) is 9.67. The average molecular weight is 453 g/mol. The molecule has 0 spiro atoms. The maximum absolute atomic E-state index is 13.2. The Morgan fingerprint density at radius 2 is 1.59 bits per heavy atom. The molecule has 2 heterocycles. The summed E-state index contributed by atoms with van der Waals surface area (Å²) in [5.41, 5.74) is 0.138. The van der Waals surface area contributed by atoms with Gasteiger partial charge in [-0.3, -0.25) is 0 Å². The van der Waals surface area contributed by atoms with Crippen molar-refractivity contribution in [3.05, 3.63) is 64.7 Å². The largest absolute Gasteiger partial charge is 0.416 e. The summed E-state index contributed by atoms with van der Waals surface area (Å²) in [7, 11) is 0. The number of hydrogen-bond donors (Lipinski definition) is 0. The van der Waals surface area contributed by atoms with Crippen molar-refractivity contribution in [1.82, 2.24) is 0 Å². The lowest BCUT2D eigenvalue weighted by molar-refractivity contribution is -0.438. The van der Waals surface area contributed by atoms with Crippen LogP contribution in [0.25, 0.3) is 0 Å². The molecule has 0 bridgehead atoms. The lowest BCUT2D eigenvalue weighted by atomic mass is 9.88. The summed E-state index contributed by atoms with van der Waals surface area (Å²) in [6.45, 7) is 0.192. The molecule has 3 aliphatic rings. The maximum Gasteiger partial charge on any atom is 0.416 e. The minimum atomic E-state index is -4.90. The van der Waals surface area contributed by atoms with Crippen molar-refractivity contribution in [3.8, 4) is 0 Å². The topological polar surface area (TPSA) is 24.6 Å². The van der Waals surface area contributed by atoms with E-state index in [1.807, 2.05) is 12.1 Å². The van der Waals surface area contributed by atoms with Crippen LogP contribution in [0.4, 0.5) is 32.0 Å². The molecule has 0 saturated carbocycles. The van der Waals surface area contributed by atoms with Crippen LogP contribution < -0.4 is 0 Å². The second-order valence-electron chi connectivity index (χ2n) is 8.39. The Balaban J connectivity index is 1.45. The zero-order chi connectivity index (χ0) is 22.7. The van der Waals surface area contributed by atoms with E-state index in [4.69, 9.17) is 4.74 Å². The zero-order valence-corrected chi connectivity index (χ0v) is 16.7. The van der Waals surface area contributed by atoms with Gasteiger partial charge in [0.25, 0.3) is 0 Å². The smallest absolute Gasteiger partial charge is 0.371 e. The zero-order valence-electron chi connectivity index (χ0n) is 16.7. The number of alkyl halides is 6. The molecule has 9 heteroatoms. The van der Waals surface area contributed by atoms with Gasteiger partial charge in [0.2, 0.25) is 5.69 Å². The van der Waals surface area contributed by atoms with Gasteiger partial charge in [0.15, 0.2) is 6.21 Å². The van der Waals surface area contributed by atoms with Crippen molar-refractivity contribution in [3.63, 3.8) is 0 Å². The van der Waals surface area contributed by atoms with E-state index in [-0.39, 0.29) is 36.3 Å². The molecule has 3 nitrogen and oxygen atoms in total. The van der Waals surface area contributed by atoms with E-state index in [1.165, 1.54) is 11.1 Å². The fourth-order valence-electron chi connectivity index (χ4n) is 4.80. The molecule has 1 saturated heterocycles. The fourth-order valence-corrected chi connectivity index (χ4v) is 4.80. The molecule has 1 aliphatic carbocycles. The van der Waals surface area contributed by atoms with E-state index in [0.29, 0.717) is 24.3 Å². The highest BCUT2D eigenvalue weighted by atomic mass is 19.4. The normalized spacial score (nSPS) is 25.2. The first-order chi connectivity index (χ1) is 15.1. The molecule has 0 aromatic heterocycles. The van der Waals surface area contributed by atoms with Gasteiger partial charge in [0.1, 0.15) is 5.71 Å². The Labute approximate surface area is 180 Å². The molecule has 32 heavy (non-hydrogen) atoms. The standard InChI is InChI=1S/C23H19F6N2O/c24-22(25,26)15-8-16(23(27,28)29)10-17(9-15)31-11-14-5-6-19-18-4-2-1-3-13(18)7-21(19)32-12-20(14)30-31/h1-4,8-11,14,19,21H,5-7,12H2/q+1. The van der Waals surface area contributed by atoms with Gasteiger partial charge in [-0.25, -0.2) is 0 Å². The lowest BCUT2D eigenvalue weighted by Gasteiger charge is -2.25. The molecule has 2 aliphatic heterocycles. The molecule has 1 fully saturated rings. The van der Waals surface area contributed by atoms with E-state index in [9.17, 15) is 26.3 Å². The number of halogens is 6.